The van der Waals surface area contributed by atoms with Crippen molar-refractivity contribution in [2.45, 2.75) is 12.5 Å². The molecule has 0 amide bonds. The van der Waals surface area contributed by atoms with Crippen LogP contribution in [0.4, 0.5) is 5.82 Å². The fourth-order valence-electron chi connectivity index (χ4n) is 5.00. The number of anilines is 1. The van der Waals surface area contributed by atoms with Gasteiger partial charge < -0.3 is 19.5 Å². The zero-order valence-corrected chi connectivity index (χ0v) is 18.3. The molecule has 6 nitrogen and oxygen atoms in total. The summed E-state index contributed by atoms with van der Waals surface area (Å²) in [7, 11) is 2.20. The van der Waals surface area contributed by atoms with E-state index in [-0.39, 0.29) is 0 Å². The lowest BCUT2D eigenvalue weighted by molar-refractivity contribution is 0.122. The van der Waals surface area contributed by atoms with Gasteiger partial charge >= 0.3 is 0 Å². The van der Waals surface area contributed by atoms with E-state index in [0.29, 0.717) is 5.92 Å². The minimum atomic E-state index is 0.333. The normalized spacial score (nSPS) is 19.3. The van der Waals surface area contributed by atoms with Gasteiger partial charge in [0.15, 0.2) is 5.82 Å². The summed E-state index contributed by atoms with van der Waals surface area (Å²) >= 11 is 0. The van der Waals surface area contributed by atoms with E-state index in [0.717, 1.165) is 56.5 Å². The zero-order valence-electron chi connectivity index (χ0n) is 18.3. The molecule has 1 saturated heterocycles. The molecule has 2 aromatic heterocycles. The molecular weight excluding hydrogens is 398 g/mol. The fourth-order valence-corrected chi connectivity index (χ4v) is 5.00. The zero-order chi connectivity index (χ0) is 21.5. The number of aromatic amines is 1. The Morgan fingerprint density at radius 2 is 1.84 bits per heavy atom. The van der Waals surface area contributed by atoms with Crippen LogP contribution in [0.25, 0.3) is 22.2 Å². The van der Waals surface area contributed by atoms with E-state index in [1.54, 1.807) is 0 Å². The standard InChI is InChI=1S/C26H27N5O/c1-30-16-20-14-19(24-8-9-26(29-28-24)31-10-12-32-13-11-31)6-7-21(20)22(17-30)25-15-18-4-2-3-5-23(18)27-25/h2-9,14-15,22,27H,10-13,16-17H2,1H3. The summed E-state index contributed by atoms with van der Waals surface area (Å²) in [6.45, 7) is 5.19. The van der Waals surface area contributed by atoms with Gasteiger partial charge in [-0.25, -0.2) is 0 Å². The highest BCUT2D eigenvalue weighted by Crippen LogP contribution is 2.36. The van der Waals surface area contributed by atoms with Crippen LogP contribution in [0.1, 0.15) is 22.7 Å². The number of H-pyrrole nitrogens is 1. The highest BCUT2D eigenvalue weighted by molar-refractivity contribution is 5.80. The van der Waals surface area contributed by atoms with Crippen LogP contribution in [0.15, 0.2) is 60.7 Å². The van der Waals surface area contributed by atoms with E-state index in [1.807, 2.05) is 0 Å². The van der Waals surface area contributed by atoms with Gasteiger partial charge in [0.1, 0.15) is 0 Å². The van der Waals surface area contributed by atoms with Crippen LogP contribution in [-0.4, -0.2) is 60.0 Å². The lowest BCUT2D eigenvalue weighted by atomic mass is 9.86. The molecule has 0 saturated carbocycles. The van der Waals surface area contributed by atoms with E-state index in [4.69, 9.17) is 4.74 Å². The molecule has 0 spiro atoms. The van der Waals surface area contributed by atoms with Crippen molar-refractivity contribution in [1.82, 2.24) is 20.1 Å². The summed E-state index contributed by atoms with van der Waals surface area (Å²) in [5, 5.41) is 10.3. The predicted molar refractivity (Wildman–Crippen MR) is 127 cm³/mol. The third kappa shape index (κ3) is 3.55. The molecule has 0 aliphatic carbocycles. The van der Waals surface area contributed by atoms with Crippen LogP contribution in [0.5, 0.6) is 0 Å². The minimum absolute atomic E-state index is 0.333. The summed E-state index contributed by atoms with van der Waals surface area (Å²) in [6.07, 6.45) is 0. The molecule has 2 aromatic carbocycles. The van der Waals surface area contributed by atoms with Crippen molar-refractivity contribution in [3.63, 3.8) is 0 Å². The molecule has 0 radical (unpaired) electrons. The Balaban J connectivity index is 1.31. The van der Waals surface area contributed by atoms with Gasteiger partial charge in [0, 0.05) is 48.9 Å². The monoisotopic (exact) mass is 425 g/mol. The average molecular weight is 426 g/mol. The molecule has 2 aliphatic heterocycles. The molecule has 4 heterocycles. The largest absolute Gasteiger partial charge is 0.378 e. The van der Waals surface area contributed by atoms with Gasteiger partial charge in [0.05, 0.1) is 18.9 Å². The van der Waals surface area contributed by atoms with Crippen molar-refractivity contribution in [3.05, 3.63) is 77.5 Å². The quantitative estimate of drug-likeness (QED) is 0.537. The number of para-hydroxylation sites is 1. The molecule has 6 heteroatoms. The number of benzene rings is 2. The Morgan fingerprint density at radius 1 is 0.969 bits per heavy atom. The topological polar surface area (TPSA) is 57.3 Å². The number of likely N-dealkylation sites (N-methyl/N-ethyl adjacent to an activating group) is 1. The maximum atomic E-state index is 5.44. The molecule has 1 unspecified atom stereocenters. The summed E-state index contributed by atoms with van der Waals surface area (Å²) < 4.78 is 5.44. The Bertz CT molecular complexity index is 1210. The molecule has 1 N–H and O–H groups in total. The lowest BCUT2D eigenvalue weighted by Gasteiger charge is -2.32. The van der Waals surface area contributed by atoms with Gasteiger partial charge in [0.25, 0.3) is 0 Å². The van der Waals surface area contributed by atoms with Crippen LogP contribution in [0.2, 0.25) is 0 Å². The number of aromatic nitrogens is 3. The smallest absolute Gasteiger partial charge is 0.151 e. The van der Waals surface area contributed by atoms with Crippen molar-refractivity contribution < 1.29 is 4.74 Å². The van der Waals surface area contributed by atoms with E-state index in [2.05, 4.69) is 92.7 Å². The predicted octanol–water partition coefficient (Wildman–Crippen LogP) is 4.04. The maximum absolute atomic E-state index is 5.44. The Kier molecular flexibility index (Phi) is 4.89. The number of fused-ring (bicyclic) bond motifs is 2. The fraction of sp³-hybridized carbons (Fsp3) is 0.308. The third-order valence-corrected chi connectivity index (χ3v) is 6.66. The SMILES string of the molecule is CN1Cc2cc(-c3ccc(N4CCOCC4)nn3)ccc2C(c2cc3ccccc3[nH]2)C1. The summed E-state index contributed by atoms with van der Waals surface area (Å²) in [5.41, 5.74) is 7.27. The van der Waals surface area contributed by atoms with Crippen molar-refractivity contribution in [3.8, 4) is 11.3 Å². The Labute approximate surface area is 187 Å². The first-order valence-electron chi connectivity index (χ1n) is 11.3. The minimum Gasteiger partial charge on any atom is -0.378 e. The van der Waals surface area contributed by atoms with Crippen LogP contribution in [-0.2, 0) is 11.3 Å². The molecule has 32 heavy (non-hydrogen) atoms. The summed E-state index contributed by atoms with van der Waals surface area (Å²) in [6, 6.07) is 21.7. The number of rotatable bonds is 3. The molecule has 4 aromatic rings. The molecule has 6 rings (SSSR count). The number of nitrogens with zero attached hydrogens (tertiary/aromatic N) is 4. The van der Waals surface area contributed by atoms with Crippen LogP contribution < -0.4 is 4.90 Å². The summed E-state index contributed by atoms with van der Waals surface area (Å²) in [4.78, 5) is 8.28. The highest BCUT2D eigenvalue weighted by Gasteiger charge is 2.26. The van der Waals surface area contributed by atoms with E-state index < -0.39 is 0 Å². The third-order valence-electron chi connectivity index (χ3n) is 6.66. The second kappa shape index (κ2) is 8.04. The van der Waals surface area contributed by atoms with Gasteiger partial charge in [-0.1, -0.05) is 30.3 Å². The Hall–Kier alpha value is -3.22. The lowest BCUT2D eigenvalue weighted by Crippen LogP contribution is -2.36. The molecule has 2 aliphatic rings. The second-order valence-electron chi connectivity index (χ2n) is 8.85. The van der Waals surface area contributed by atoms with E-state index in [1.165, 1.54) is 27.7 Å². The van der Waals surface area contributed by atoms with Crippen LogP contribution in [0.3, 0.4) is 0 Å². The number of ether oxygens (including phenoxy) is 1. The molecule has 0 bridgehead atoms. The van der Waals surface area contributed by atoms with E-state index in [9.17, 15) is 0 Å². The first-order valence-corrected chi connectivity index (χ1v) is 11.3. The maximum Gasteiger partial charge on any atom is 0.151 e. The van der Waals surface area contributed by atoms with Crippen molar-refractivity contribution in [1.29, 1.82) is 0 Å². The van der Waals surface area contributed by atoms with Gasteiger partial charge in [0.2, 0.25) is 0 Å². The van der Waals surface area contributed by atoms with Crippen molar-refractivity contribution >= 4 is 16.7 Å². The number of hydrogen-bond acceptors (Lipinski definition) is 5. The number of nitrogens with one attached hydrogen (secondary N) is 1. The molecule has 1 atom stereocenters. The van der Waals surface area contributed by atoms with Crippen molar-refractivity contribution in [2.24, 2.45) is 0 Å². The van der Waals surface area contributed by atoms with E-state index >= 15 is 0 Å². The average Bonchev–Trinajstić information content (AvgIpc) is 3.28. The number of morpholine rings is 1. The first-order chi connectivity index (χ1) is 15.7. The second-order valence-corrected chi connectivity index (χ2v) is 8.85. The van der Waals surface area contributed by atoms with Crippen LogP contribution in [0, 0.1) is 0 Å². The molecule has 1 fully saturated rings. The van der Waals surface area contributed by atoms with Crippen molar-refractivity contribution in [2.75, 3.05) is 44.8 Å². The number of hydrogen-bond donors (Lipinski definition) is 1. The van der Waals surface area contributed by atoms with Crippen LogP contribution >= 0.6 is 0 Å². The Morgan fingerprint density at radius 3 is 2.66 bits per heavy atom. The molecular formula is C26H27N5O. The highest BCUT2D eigenvalue weighted by atomic mass is 16.5. The summed E-state index contributed by atoms with van der Waals surface area (Å²) in [5.74, 6) is 1.26. The van der Waals surface area contributed by atoms with Gasteiger partial charge in [-0.2, -0.15) is 0 Å². The molecule has 162 valence electrons. The van der Waals surface area contributed by atoms with Gasteiger partial charge in [-0.05, 0) is 53.9 Å². The first kappa shape index (κ1) is 19.5. The van der Waals surface area contributed by atoms with Gasteiger partial charge in [-0.3, -0.25) is 0 Å². The van der Waals surface area contributed by atoms with Gasteiger partial charge in [-0.15, -0.1) is 10.2 Å².